The van der Waals surface area contributed by atoms with Gasteiger partial charge in [0.25, 0.3) is 5.91 Å². The van der Waals surface area contributed by atoms with Crippen molar-refractivity contribution in [1.29, 1.82) is 0 Å². The number of β-lactam (4-membered cyclic amide) rings is 1. The smallest absolute Gasteiger partial charge is 0.320 e. The van der Waals surface area contributed by atoms with Crippen LogP contribution in [0.3, 0.4) is 0 Å². The highest BCUT2D eigenvalue weighted by atomic mass is 16.5. The fraction of sp³-hybridized carbons (Fsp3) is 0.273. The van der Waals surface area contributed by atoms with E-state index in [1.54, 1.807) is 0 Å². The average Bonchev–Trinajstić information content (AvgIpc) is 2.33. The molecule has 1 aliphatic heterocycles. The number of carbonyl (C=O) groups excluding carboxylic acids is 2. The second-order valence-corrected chi connectivity index (χ2v) is 3.64. The fourth-order valence-corrected chi connectivity index (χ4v) is 1.46. The second-order valence-electron chi connectivity index (χ2n) is 3.64. The van der Waals surface area contributed by atoms with E-state index in [1.165, 1.54) is 0 Å². The molecule has 1 unspecified atom stereocenters. The highest BCUT2D eigenvalue weighted by Crippen LogP contribution is 2.15. The van der Waals surface area contributed by atoms with E-state index in [2.05, 4.69) is 0 Å². The van der Waals surface area contributed by atoms with Crippen molar-refractivity contribution in [2.24, 2.45) is 11.8 Å². The maximum atomic E-state index is 11.4. The third-order valence-corrected chi connectivity index (χ3v) is 2.47. The van der Waals surface area contributed by atoms with Crippen LogP contribution in [0.5, 0.6) is 0 Å². The molecule has 5 nitrogen and oxygen atoms in total. The summed E-state index contributed by atoms with van der Waals surface area (Å²) >= 11 is 0. The Morgan fingerprint density at radius 1 is 1.44 bits per heavy atom. The maximum absolute atomic E-state index is 11.4. The zero-order chi connectivity index (χ0) is 11.5. The summed E-state index contributed by atoms with van der Waals surface area (Å²) in [5.41, 5.74) is 0.896. The minimum Gasteiger partial charge on any atom is -0.460 e. The first kappa shape index (κ1) is 10.6. The van der Waals surface area contributed by atoms with Crippen molar-refractivity contribution in [3.05, 3.63) is 35.9 Å². The van der Waals surface area contributed by atoms with E-state index in [4.69, 9.17) is 10.6 Å². The lowest BCUT2D eigenvalue weighted by Crippen LogP contribution is -2.59. The molecule has 1 aromatic carbocycles. The number of ether oxygens (including phenoxy) is 1. The molecular weight excluding hydrogens is 208 g/mol. The Bertz CT molecular complexity index is 405. The van der Waals surface area contributed by atoms with Gasteiger partial charge in [-0.3, -0.25) is 14.6 Å². The normalized spacial score (nSPS) is 19.2. The van der Waals surface area contributed by atoms with E-state index >= 15 is 0 Å². The SMILES string of the molecule is NN1CC(C(=O)OCc2ccccc2)C1=O. The fourth-order valence-electron chi connectivity index (χ4n) is 1.46. The molecule has 1 amide bonds. The van der Waals surface area contributed by atoms with Gasteiger partial charge in [0.1, 0.15) is 6.61 Å². The minimum atomic E-state index is -0.714. The molecule has 16 heavy (non-hydrogen) atoms. The third kappa shape index (κ3) is 2.04. The molecule has 1 fully saturated rings. The summed E-state index contributed by atoms with van der Waals surface area (Å²) in [6.45, 7) is 0.431. The number of esters is 1. The first-order valence-corrected chi connectivity index (χ1v) is 4.95. The Morgan fingerprint density at radius 2 is 2.12 bits per heavy atom. The molecule has 84 valence electrons. The molecule has 2 N–H and O–H groups in total. The summed E-state index contributed by atoms with van der Waals surface area (Å²) in [5, 5.41) is 1.01. The molecule has 0 spiro atoms. The van der Waals surface area contributed by atoms with Crippen molar-refractivity contribution in [3.63, 3.8) is 0 Å². The molecule has 2 rings (SSSR count). The monoisotopic (exact) mass is 220 g/mol. The van der Waals surface area contributed by atoms with Gasteiger partial charge in [0.05, 0.1) is 6.54 Å². The van der Waals surface area contributed by atoms with Crippen LogP contribution in [-0.2, 0) is 20.9 Å². The van der Waals surface area contributed by atoms with Crippen LogP contribution in [0.4, 0.5) is 0 Å². The third-order valence-electron chi connectivity index (χ3n) is 2.47. The van der Waals surface area contributed by atoms with Crippen LogP contribution in [0, 0.1) is 5.92 Å². The summed E-state index contributed by atoms with van der Waals surface area (Å²) in [6.07, 6.45) is 0. The number of hydrogen-bond donors (Lipinski definition) is 1. The molecule has 0 aliphatic carbocycles. The zero-order valence-corrected chi connectivity index (χ0v) is 8.63. The standard InChI is InChI=1S/C11H12N2O3/c12-13-6-9(10(13)14)11(15)16-7-8-4-2-1-3-5-8/h1-5,9H,6-7,12H2. The molecule has 0 radical (unpaired) electrons. The molecule has 0 aromatic heterocycles. The van der Waals surface area contributed by atoms with E-state index in [0.29, 0.717) is 0 Å². The number of rotatable bonds is 3. The lowest BCUT2D eigenvalue weighted by Gasteiger charge is -2.32. The number of hydrazine groups is 1. The van der Waals surface area contributed by atoms with Gasteiger partial charge in [-0.25, -0.2) is 5.84 Å². The van der Waals surface area contributed by atoms with Gasteiger partial charge in [0, 0.05) is 0 Å². The Balaban J connectivity index is 1.83. The first-order valence-electron chi connectivity index (χ1n) is 4.95. The lowest BCUT2D eigenvalue weighted by molar-refractivity contribution is -0.167. The van der Waals surface area contributed by atoms with Gasteiger partial charge in [-0.1, -0.05) is 30.3 Å². The summed E-state index contributed by atoms with van der Waals surface area (Å²) in [4.78, 5) is 22.5. The van der Waals surface area contributed by atoms with Crippen molar-refractivity contribution in [2.75, 3.05) is 6.54 Å². The summed E-state index contributed by atoms with van der Waals surface area (Å²) < 4.78 is 5.01. The topological polar surface area (TPSA) is 72.6 Å². The van der Waals surface area contributed by atoms with E-state index in [-0.39, 0.29) is 19.1 Å². The van der Waals surface area contributed by atoms with Crippen LogP contribution in [0.1, 0.15) is 5.56 Å². The van der Waals surface area contributed by atoms with Crippen LogP contribution < -0.4 is 5.84 Å². The Morgan fingerprint density at radius 3 is 2.69 bits per heavy atom. The van der Waals surface area contributed by atoms with Gasteiger partial charge in [0.2, 0.25) is 0 Å². The van der Waals surface area contributed by atoms with E-state index in [0.717, 1.165) is 10.6 Å². The van der Waals surface area contributed by atoms with Gasteiger partial charge >= 0.3 is 5.97 Å². The Labute approximate surface area is 92.8 Å². The molecule has 1 atom stereocenters. The van der Waals surface area contributed by atoms with Crippen LogP contribution >= 0.6 is 0 Å². The van der Waals surface area contributed by atoms with Gasteiger partial charge in [-0.2, -0.15) is 0 Å². The van der Waals surface area contributed by atoms with Gasteiger partial charge in [0.15, 0.2) is 5.92 Å². The molecular formula is C11H12N2O3. The van der Waals surface area contributed by atoms with E-state index in [9.17, 15) is 9.59 Å². The molecule has 1 aromatic rings. The summed E-state index contributed by atoms with van der Waals surface area (Å²) in [7, 11) is 0. The maximum Gasteiger partial charge on any atom is 0.320 e. The zero-order valence-electron chi connectivity index (χ0n) is 8.63. The lowest BCUT2D eigenvalue weighted by atomic mass is 10.0. The van der Waals surface area contributed by atoms with Gasteiger partial charge in [-0.15, -0.1) is 0 Å². The van der Waals surface area contributed by atoms with Crippen molar-refractivity contribution >= 4 is 11.9 Å². The van der Waals surface area contributed by atoms with Crippen molar-refractivity contribution in [1.82, 2.24) is 5.01 Å². The van der Waals surface area contributed by atoms with Crippen molar-refractivity contribution in [3.8, 4) is 0 Å². The number of nitrogens with zero attached hydrogens (tertiary/aromatic N) is 1. The molecule has 0 saturated carbocycles. The minimum absolute atomic E-state index is 0.189. The van der Waals surface area contributed by atoms with Gasteiger partial charge in [-0.05, 0) is 5.56 Å². The van der Waals surface area contributed by atoms with Gasteiger partial charge < -0.3 is 4.74 Å². The molecule has 1 heterocycles. The molecule has 5 heteroatoms. The molecule has 0 bridgehead atoms. The van der Waals surface area contributed by atoms with E-state index in [1.807, 2.05) is 30.3 Å². The first-order chi connectivity index (χ1) is 7.68. The number of hydrogen-bond acceptors (Lipinski definition) is 4. The van der Waals surface area contributed by atoms with Crippen molar-refractivity contribution in [2.45, 2.75) is 6.61 Å². The highest BCUT2D eigenvalue weighted by molar-refractivity contribution is 6.02. The quantitative estimate of drug-likeness (QED) is 0.257. The van der Waals surface area contributed by atoms with E-state index < -0.39 is 11.9 Å². The number of amides is 1. The predicted molar refractivity (Wildman–Crippen MR) is 55.6 cm³/mol. The highest BCUT2D eigenvalue weighted by Gasteiger charge is 2.41. The Kier molecular flexibility index (Phi) is 2.87. The van der Waals surface area contributed by atoms with Crippen molar-refractivity contribution < 1.29 is 14.3 Å². The van der Waals surface area contributed by atoms with Crippen LogP contribution in [0.15, 0.2) is 30.3 Å². The van der Waals surface area contributed by atoms with Crippen LogP contribution in [0.25, 0.3) is 0 Å². The number of carbonyl (C=O) groups is 2. The number of nitrogens with two attached hydrogens (primary N) is 1. The predicted octanol–water partition coefficient (Wildman–Crippen LogP) is 0.0619. The summed E-state index contributed by atoms with van der Waals surface area (Å²) in [6, 6.07) is 9.31. The average molecular weight is 220 g/mol. The Hall–Kier alpha value is -1.88. The largest absolute Gasteiger partial charge is 0.460 e. The molecule has 1 aliphatic rings. The molecule has 1 saturated heterocycles. The second kappa shape index (κ2) is 4.32. The van der Waals surface area contributed by atoms with Crippen LogP contribution in [-0.4, -0.2) is 23.4 Å². The number of benzene rings is 1. The summed E-state index contributed by atoms with van der Waals surface area (Å²) in [5.74, 6) is 3.64. The van der Waals surface area contributed by atoms with Crippen LogP contribution in [0.2, 0.25) is 0 Å².